The van der Waals surface area contributed by atoms with Crippen molar-refractivity contribution in [2.45, 2.75) is 26.8 Å². The molecule has 0 spiro atoms. The van der Waals surface area contributed by atoms with Crippen LogP contribution in [0.5, 0.6) is 0 Å². The maximum Gasteiger partial charge on any atom is 0.271 e. The van der Waals surface area contributed by atoms with Gasteiger partial charge in [0.1, 0.15) is 11.5 Å². The van der Waals surface area contributed by atoms with Crippen LogP contribution in [0, 0.1) is 5.92 Å². The van der Waals surface area contributed by atoms with E-state index in [-0.39, 0.29) is 11.9 Å². The maximum atomic E-state index is 11.8. The summed E-state index contributed by atoms with van der Waals surface area (Å²) < 4.78 is 0. The van der Waals surface area contributed by atoms with Crippen LogP contribution in [0.4, 0.5) is 5.82 Å². The van der Waals surface area contributed by atoms with Gasteiger partial charge in [0.05, 0.1) is 12.4 Å². The van der Waals surface area contributed by atoms with Crippen molar-refractivity contribution < 1.29 is 4.79 Å². The van der Waals surface area contributed by atoms with Gasteiger partial charge in [-0.2, -0.15) is 0 Å². The summed E-state index contributed by atoms with van der Waals surface area (Å²) in [6.45, 7) is 6.08. The lowest BCUT2D eigenvalue weighted by atomic mass is 10.1. The van der Waals surface area contributed by atoms with E-state index in [1.165, 1.54) is 6.20 Å². The molecule has 1 heterocycles. The van der Waals surface area contributed by atoms with Crippen LogP contribution in [-0.4, -0.2) is 29.0 Å². The molecule has 0 aliphatic rings. The Kier molecular flexibility index (Phi) is 4.22. The van der Waals surface area contributed by atoms with Gasteiger partial charge in [0.2, 0.25) is 0 Å². The molecule has 1 unspecified atom stereocenters. The quantitative estimate of drug-likeness (QED) is 0.805. The monoisotopic (exact) mass is 222 g/mol. The molecule has 0 aliphatic carbocycles. The third kappa shape index (κ3) is 3.18. The molecule has 88 valence electrons. The molecule has 1 aromatic rings. The highest BCUT2D eigenvalue weighted by molar-refractivity contribution is 5.92. The number of hydrogen-bond acceptors (Lipinski definition) is 4. The molecule has 0 saturated carbocycles. The van der Waals surface area contributed by atoms with E-state index in [1.807, 2.05) is 6.92 Å². The van der Waals surface area contributed by atoms with E-state index >= 15 is 0 Å². The standard InChI is InChI=1S/C11H18N4O/c1-7(2)8(3)14-11(16)9-5-13-6-10(12-4)15-9/h5-8H,1-4H3,(H,12,15)(H,14,16). The van der Waals surface area contributed by atoms with Gasteiger partial charge in [0, 0.05) is 13.1 Å². The predicted molar refractivity (Wildman–Crippen MR) is 63.3 cm³/mol. The van der Waals surface area contributed by atoms with Gasteiger partial charge in [0.25, 0.3) is 5.91 Å². The van der Waals surface area contributed by atoms with E-state index in [4.69, 9.17) is 0 Å². The van der Waals surface area contributed by atoms with Crippen molar-refractivity contribution >= 4 is 11.7 Å². The number of nitrogens with zero attached hydrogens (tertiary/aromatic N) is 2. The summed E-state index contributed by atoms with van der Waals surface area (Å²) in [6, 6.07) is 0.118. The Balaban J connectivity index is 2.72. The number of anilines is 1. The largest absolute Gasteiger partial charge is 0.372 e. The second-order valence-electron chi connectivity index (χ2n) is 4.05. The third-order valence-electron chi connectivity index (χ3n) is 2.48. The summed E-state index contributed by atoms with van der Waals surface area (Å²) in [7, 11) is 1.74. The van der Waals surface area contributed by atoms with Crippen molar-refractivity contribution in [3.05, 3.63) is 18.1 Å². The highest BCUT2D eigenvalue weighted by atomic mass is 16.1. The number of aromatic nitrogens is 2. The van der Waals surface area contributed by atoms with Crippen molar-refractivity contribution in [1.82, 2.24) is 15.3 Å². The first-order valence-electron chi connectivity index (χ1n) is 5.35. The average molecular weight is 222 g/mol. The van der Waals surface area contributed by atoms with Gasteiger partial charge < -0.3 is 10.6 Å². The minimum absolute atomic E-state index is 0.118. The predicted octanol–water partition coefficient (Wildman–Crippen LogP) is 1.29. The first-order chi connectivity index (χ1) is 7.54. The lowest BCUT2D eigenvalue weighted by Crippen LogP contribution is -2.36. The molecule has 1 amide bonds. The Morgan fingerprint density at radius 1 is 1.31 bits per heavy atom. The van der Waals surface area contributed by atoms with Crippen LogP contribution < -0.4 is 10.6 Å². The summed E-state index contributed by atoms with van der Waals surface area (Å²) in [5.41, 5.74) is 0.333. The van der Waals surface area contributed by atoms with Gasteiger partial charge in [-0.1, -0.05) is 13.8 Å². The van der Waals surface area contributed by atoms with Crippen LogP contribution in [0.1, 0.15) is 31.3 Å². The van der Waals surface area contributed by atoms with Gasteiger partial charge in [-0.15, -0.1) is 0 Å². The number of amides is 1. The van der Waals surface area contributed by atoms with Crippen molar-refractivity contribution in [3.63, 3.8) is 0 Å². The van der Waals surface area contributed by atoms with Gasteiger partial charge in [-0.3, -0.25) is 9.78 Å². The Labute approximate surface area is 95.7 Å². The fourth-order valence-electron chi connectivity index (χ4n) is 1.04. The highest BCUT2D eigenvalue weighted by Crippen LogP contribution is 2.04. The minimum atomic E-state index is -0.189. The Morgan fingerprint density at radius 3 is 2.56 bits per heavy atom. The molecule has 5 heteroatoms. The molecule has 0 saturated heterocycles. The topological polar surface area (TPSA) is 66.9 Å². The van der Waals surface area contributed by atoms with Crippen molar-refractivity contribution in [2.24, 2.45) is 5.92 Å². The molecule has 16 heavy (non-hydrogen) atoms. The number of rotatable bonds is 4. The van der Waals surface area contributed by atoms with Crippen LogP contribution >= 0.6 is 0 Å². The molecular formula is C11H18N4O. The van der Waals surface area contributed by atoms with Gasteiger partial charge in [0.15, 0.2) is 0 Å². The summed E-state index contributed by atoms with van der Waals surface area (Å²) in [5.74, 6) is 0.792. The molecule has 5 nitrogen and oxygen atoms in total. The van der Waals surface area contributed by atoms with Gasteiger partial charge in [-0.05, 0) is 12.8 Å². The van der Waals surface area contributed by atoms with Crippen LogP contribution in [0.3, 0.4) is 0 Å². The first-order valence-corrected chi connectivity index (χ1v) is 5.35. The second kappa shape index (κ2) is 5.44. The normalized spacial score (nSPS) is 12.3. The number of hydrogen-bond donors (Lipinski definition) is 2. The SMILES string of the molecule is CNc1cncc(C(=O)NC(C)C(C)C)n1. The molecule has 0 aromatic carbocycles. The minimum Gasteiger partial charge on any atom is -0.372 e. The third-order valence-corrected chi connectivity index (χ3v) is 2.48. The summed E-state index contributed by atoms with van der Waals surface area (Å²) in [5, 5.41) is 5.72. The zero-order chi connectivity index (χ0) is 12.1. The maximum absolute atomic E-state index is 11.8. The molecule has 2 N–H and O–H groups in total. The molecule has 1 atom stereocenters. The van der Waals surface area contributed by atoms with E-state index in [9.17, 15) is 4.79 Å². The van der Waals surface area contributed by atoms with Crippen molar-refractivity contribution in [2.75, 3.05) is 12.4 Å². The molecular weight excluding hydrogens is 204 g/mol. The highest BCUT2D eigenvalue weighted by Gasteiger charge is 2.13. The summed E-state index contributed by atoms with van der Waals surface area (Å²) >= 11 is 0. The zero-order valence-electron chi connectivity index (χ0n) is 10.1. The molecule has 0 bridgehead atoms. The molecule has 0 fully saturated rings. The Hall–Kier alpha value is -1.65. The lowest BCUT2D eigenvalue weighted by Gasteiger charge is -2.16. The van der Waals surface area contributed by atoms with Gasteiger partial charge >= 0.3 is 0 Å². The Bertz CT molecular complexity index is 365. The molecule has 0 radical (unpaired) electrons. The molecule has 1 aromatic heterocycles. The first kappa shape index (κ1) is 12.4. The van der Waals surface area contributed by atoms with Crippen LogP contribution in [0.25, 0.3) is 0 Å². The average Bonchev–Trinajstić information content (AvgIpc) is 2.28. The van der Waals surface area contributed by atoms with Crippen LogP contribution in [-0.2, 0) is 0 Å². The lowest BCUT2D eigenvalue weighted by molar-refractivity contribution is 0.0925. The second-order valence-corrected chi connectivity index (χ2v) is 4.05. The molecule has 0 aliphatic heterocycles. The fourth-order valence-corrected chi connectivity index (χ4v) is 1.04. The van der Waals surface area contributed by atoms with E-state index in [0.717, 1.165) is 0 Å². The Morgan fingerprint density at radius 2 is 2.00 bits per heavy atom. The van der Waals surface area contributed by atoms with E-state index in [0.29, 0.717) is 17.4 Å². The van der Waals surface area contributed by atoms with E-state index < -0.39 is 0 Å². The van der Waals surface area contributed by atoms with Crippen molar-refractivity contribution in [1.29, 1.82) is 0 Å². The summed E-state index contributed by atoms with van der Waals surface area (Å²) in [6.07, 6.45) is 3.03. The van der Waals surface area contributed by atoms with E-state index in [1.54, 1.807) is 13.2 Å². The number of carbonyl (C=O) groups is 1. The van der Waals surface area contributed by atoms with Crippen molar-refractivity contribution in [3.8, 4) is 0 Å². The molecule has 1 rings (SSSR count). The zero-order valence-corrected chi connectivity index (χ0v) is 10.1. The van der Waals surface area contributed by atoms with Crippen LogP contribution in [0.2, 0.25) is 0 Å². The summed E-state index contributed by atoms with van der Waals surface area (Å²) in [4.78, 5) is 19.8. The van der Waals surface area contributed by atoms with Gasteiger partial charge in [-0.25, -0.2) is 4.98 Å². The smallest absolute Gasteiger partial charge is 0.271 e. The number of nitrogens with one attached hydrogen (secondary N) is 2. The van der Waals surface area contributed by atoms with E-state index in [2.05, 4.69) is 34.4 Å². The van der Waals surface area contributed by atoms with Crippen LogP contribution in [0.15, 0.2) is 12.4 Å². The number of carbonyl (C=O) groups excluding carboxylic acids is 1. The fraction of sp³-hybridized carbons (Fsp3) is 0.545.